The third kappa shape index (κ3) is 4.52. The highest BCUT2D eigenvalue weighted by Crippen LogP contribution is 2.38. The fourth-order valence-electron chi connectivity index (χ4n) is 5.09. The molecule has 5 heteroatoms. The Balaban J connectivity index is 1.54. The van der Waals surface area contributed by atoms with Crippen LogP contribution in [-0.4, -0.2) is 55.9 Å². The van der Waals surface area contributed by atoms with Crippen LogP contribution >= 0.6 is 0 Å². The van der Waals surface area contributed by atoms with Gasteiger partial charge in [-0.3, -0.25) is 9.59 Å². The summed E-state index contributed by atoms with van der Waals surface area (Å²) in [6.45, 7) is 1.30. The Kier molecular flexibility index (Phi) is 6.54. The molecule has 1 saturated carbocycles. The van der Waals surface area contributed by atoms with Crippen molar-refractivity contribution in [2.24, 2.45) is 11.3 Å². The van der Waals surface area contributed by atoms with Gasteiger partial charge in [-0.1, -0.05) is 42.8 Å². The summed E-state index contributed by atoms with van der Waals surface area (Å²) in [5, 5.41) is 0. The molecule has 0 spiro atoms. The van der Waals surface area contributed by atoms with Crippen LogP contribution in [0, 0.1) is 11.3 Å². The number of carbonyl (C=O) groups is 2. The molecule has 0 aromatic heterocycles. The van der Waals surface area contributed by atoms with Gasteiger partial charge < -0.3 is 14.5 Å². The number of rotatable bonds is 6. The van der Waals surface area contributed by atoms with Gasteiger partial charge in [0.05, 0.1) is 12.5 Å². The molecule has 5 nitrogen and oxygen atoms in total. The topological polar surface area (TPSA) is 49.9 Å². The van der Waals surface area contributed by atoms with Crippen LogP contribution in [0.2, 0.25) is 0 Å². The summed E-state index contributed by atoms with van der Waals surface area (Å²) >= 11 is 0. The number of piperidine rings is 1. The second kappa shape index (κ2) is 9.35. The Labute approximate surface area is 191 Å². The van der Waals surface area contributed by atoms with Crippen LogP contribution < -0.4 is 4.74 Å². The van der Waals surface area contributed by atoms with E-state index in [1.807, 2.05) is 31.1 Å². The number of likely N-dealkylation sites (tertiary alicyclic amines) is 1. The number of carbonyl (C=O) groups excluding carboxylic acids is 2. The smallest absolute Gasteiger partial charge is 0.230 e. The van der Waals surface area contributed by atoms with Crippen molar-refractivity contribution in [1.82, 2.24) is 9.80 Å². The van der Waals surface area contributed by atoms with E-state index in [1.54, 1.807) is 12.0 Å². The predicted molar refractivity (Wildman–Crippen MR) is 126 cm³/mol. The molecule has 1 aliphatic heterocycles. The molecule has 2 aliphatic rings. The second-order valence-corrected chi connectivity index (χ2v) is 9.57. The van der Waals surface area contributed by atoms with Crippen molar-refractivity contribution in [3.05, 3.63) is 54.1 Å². The molecule has 32 heavy (non-hydrogen) atoms. The fraction of sp³-hybridized carbons (Fsp3) is 0.481. The Morgan fingerprint density at radius 1 is 1.00 bits per heavy atom. The third-order valence-electron chi connectivity index (χ3n) is 7.12. The van der Waals surface area contributed by atoms with E-state index in [0.29, 0.717) is 13.0 Å². The largest absolute Gasteiger partial charge is 0.497 e. The minimum Gasteiger partial charge on any atom is -0.497 e. The third-order valence-corrected chi connectivity index (χ3v) is 7.12. The van der Waals surface area contributed by atoms with E-state index in [1.165, 1.54) is 0 Å². The molecular formula is C27H34N2O3. The highest BCUT2D eigenvalue weighted by Gasteiger charge is 2.45. The molecule has 2 aromatic carbocycles. The Hall–Kier alpha value is -2.82. The predicted octanol–water partition coefficient (Wildman–Crippen LogP) is 4.40. The maximum atomic E-state index is 13.4. The Morgan fingerprint density at radius 2 is 1.62 bits per heavy atom. The Morgan fingerprint density at radius 3 is 2.16 bits per heavy atom. The summed E-state index contributed by atoms with van der Waals surface area (Å²) < 4.78 is 5.25. The molecule has 170 valence electrons. The molecule has 1 aliphatic carbocycles. The molecule has 2 aromatic rings. The molecule has 0 radical (unpaired) electrons. The number of methoxy groups -OCH3 is 1. The summed E-state index contributed by atoms with van der Waals surface area (Å²) in [6, 6.07) is 16.5. The van der Waals surface area contributed by atoms with Gasteiger partial charge in [0.25, 0.3) is 0 Å². The molecular weight excluding hydrogens is 400 g/mol. The number of amides is 2. The van der Waals surface area contributed by atoms with Crippen LogP contribution in [0.5, 0.6) is 5.75 Å². The number of ether oxygens (including phenoxy) is 1. The van der Waals surface area contributed by atoms with E-state index in [2.05, 4.69) is 36.4 Å². The van der Waals surface area contributed by atoms with Crippen LogP contribution in [0.1, 0.15) is 37.7 Å². The van der Waals surface area contributed by atoms with Crippen molar-refractivity contribution in [2.45, 2.75) is 38.5 Å². The summed E-state index contributed by atoms with van der Waals surface area (Å²) in [6.07, 6.45) is 5.49. The lowest BCUT2D eigenvalue weighted by Crippen LogP contribution is -2.55. The van der Waals surface area contributed by atoms with Gasteiger partial charge in [0, 0.05) is 33.1 Å². The highest BCUT2D eigenvalue weighted by molar-refractivity contribution is 5.85. The summed E-state index contributed by atoms with van der Waals surface area (Å²) in [5.74, 6) is 1.39. The first kappa shape index (κ1) is 22.4. The first-order chi connectivity index (χ1) is 15.4. The first-order valence-electron chi connectivity index (χ1n) is 11.7. The lowest BCUT2D eigenvalue weighted by atomic mass is 9.73. The quantitative estimate of drug-likeness (QED) is 0.677. The standard InChI is InChI=1S/C27H34N2O3/c1-28(2)26(31)27(16-5-17-29(19-27)25(30)23-6-4-7-23)18-20-8-10-21(11-9-20)22-12-14-24(32-3)15-13-22/h8-15,23H,4-7,16-19H2,1-3H3/t27-/m1/s1. The summed E-state index contributed by atoms with van der Waals surface area (Å²) in [5.41, 5.74) is 2.85. The van der Waals surface area contributed by atoms with Gasteiger partial charge in [-0.15, -0.1) is 0 Å². The highest BCUT2D eigenvalue weighted by atomic mass is 16.5. The molecule has 0 bridgehead atoms. The number of benzene rings is 2. The van der Waals surface area contributed by atoms with Crippen molar-refractivity contribution in [2.75, 3.05) is 34.3 Å². The minimum absolute atomic E-state index is 0.128. The van der Waals surface area contributed by atoms with Gasteiger partial charge in [-0.25, -0.2) is 0 Å². The van der Waals surface area contributed by atoms with Gasteiger partial charge in [-0.05, 0) is 60.9 Å². The van der Waals surface area contributed by atoms with E-state index in [4.69, 9.17) is 4.74 Å². The lowest BCUT2D eigenvalue weighted by molar-refractivity contribution is -0.150. The average Bonchev–Trinajstić information content (AvgIpc) is 2.78. The molecule has 0 N–H and O–H groups in total. The second-order valence-electron chi connectivity index (χ2n) is 9.57. The van der Waals surface area contributed by atoms with E-state index in [9.17, 15) is 9.59 Å². The lowest BCUT2D eigenvalue weighted by Gasteiger charge is -2.44. The van der Waals surface area contributed by atoms with Gasteiger partial charge >= 0.3 is 0 Å². The van der Waals surface area contributed by atoms with Crippen LogP contribution in [0.25, 0.3) is 11.1 Å². The fourth-order valence-corrected chi connectivity index (χ4v) is 5.09. The normalized spacial score (nSPS) is 21.0. The molecule has 4 rings (SSSR count). The minimum atomic E-state index is -0.553. The molecule has 0 unspecified atom stereocenters. The zero-order valence-corrected chi connectivity index (χ0v) is 19.5. The zero-order valence-electron chi connectivity index (χ0n) is 19.5. The van der Waals surface area contributed by atoms with Crippen molar-refractivity contribution in [3.8, 4) is 16.9 Å². The molecule has 2 amide bonds. The number of nitrogens with zero attached hydrogens (tertiary/aromatic N) is 2. The maximum Gasteiger partial charge on any atom is 0.230 e. The first-order valence-corrected chi connectivity index (χ1v) is 11.7. The van der Waals surface area contributed by atoms with Gasteiger partial charge in [0.1, 0.15) is 5.75 Å². The molecule has 1 heterocycles. The average molecular weight is 435 g/mol. The van der Waals surface area contributed by atoms with Crippen molar-refractivity contribution in [3.63, 3.8) is 0 Å². The summed E-state index contributed by atoms with van der Waals surface area (Å²) in [7, 11) is 5.31. The van der Waals surface area contributed by atoms with E-state index >= 15 is 0 Å². The molecule has 1 saturated heterocycles. The van der Waals surface area contributed by atoms with Crippen LogP contribution in [0.3, 0.4) is 0 Å². The van der Waals surface area contributed by atoms with Crippen LogP contribution in [-0.2, 0) is 16.0 Å². The van der Waals surface area contributed by atoms with Crippen molar-refractivity contribution < 1.29 is 14.3 Å². The maximum absolute atomic E-state index is 13.4. The van der Waals surface area contributed by atoms with Gasteiger partial charge in [-0.2, -0.15) is 0 Å². The number of hydrogen-bond acceptors (Lipinski definition) is 3. The van der Waals surface area contributed by atoms with Gasteiger partial charge in [0.2, 0.25) is 11.8 Å². The van der Waals surface area contributed by atoms with Crippen LogP contribution in [0.4, 0.5) is 0 Å². The Bertz CT molecular complexity index is 948. The zero-order chi connectivity index (χ0) is 22.7. The SMILES string of the molecule is COc1ccc(-c2ccc(C[C@]3(C(=O)N(C)C)CCCN(C(=O)C4CCC4)C3)cc2)cc1. The summed E-state index contributed by atoms with van der Waals surface area (Å²) in [4.78, 5) is 30.0. The van der Waals surface area contributed by atoms with Crippen LogP contribution in [0.15, 0.2) is 48.5 Å². The molecule has 2 fully saturated rings. The van der Waals surface area contributed by atoms with E-state index < -0.39 is 5.41 Å². The van der Waals surface area contributed by atoms with E-state index in [0.717, 1.165) is 61.1 Å². The monoisotopic (exact) mass is 434 g/mol. The van der Waals surface area contributed by atoms with Crippen molar-refractivity contribution >= 4 is 11.8 Å². The van der Waals surface area contributed by atoms with Gasteiger partial charge in [0.15, 0.2) is 0 Å². The number of hydrogen-bond donors (Lipinski definition) is 0. The van der Waals surface area contributed by atoms with E-state index in [-0.39, 0.29) is 17.7 Å². The van der Waals surface area contributed by atoms with Crippen molar-refractivity contribution in [1.29, 1.82) is 0 Å². The molecule has 1 atom stereocenters.